The summed E-state index contributed by atoms with van der Waals surface area (Å²) in [4.78, 5) is 5.96. The highest BCUT2D eigenvalue weighted by Gasteiger charge is 2.34. The summed E-state index contributed by atoms with van der Waals surface area (Å²) in [5.74, 6) is 0. The Morgan fingerprint density at radius 3 is 3.12 bits per heavy atom. The normalized spacial score (nSPS) is 24.9. The van der Waals surface area contributed by atoms with Gasteiger partial charge in [0.2, 0.25) is 10.0 Å². The summed E-state index contributed by atoms with van der Waals surface area (Å²) in [6.07, 6.45) is 8.31. The van der Waals surface area contributed by atoms with Gasteiger partial charge in [-0.3, -0.25) is 4.98 Å². The largest absolute Gasteiger partial charge is 0.326 e. The first-order chi connectivity index (χ1) is 8.08. The van der Waals surface area contributed by atoms with Crippen LogP contribution in [0.5, 0.6) is 0 Å². The van der Waals surface area contributed by atoms with Crippen LogP contribution in [0.25, 0.3) is 0 Å². The lowest BCUT2D eigenvalue weighted by atomic mass is 10.1. The van der Waals surface area contributed by atoms with E-state index in [2.05, 4.69) is 9.71 Å². The standard InChI is InChI=1S/C11H11N3O2S/c1-8-3-5-14-9-2-4-12-7-10(9)17(15,16)13-11(14)6-8/h2-7,11,13H,1H3. The van der Waals surface area contributed by atoms with Crippen molar-refractivity contribution in [2.45, 2.75) is 18.0 Å². The first-order valence-corrected chi connectivity index (χ1v) is 6.67. The van der Waals surface area contributed by atoms with Crippen LogP contribution >= 0.6 is 0 Å². The molecule has 0 amide bonds. The zero-order chi connectivity index (χ0) is 12.0. The second kappa shape index (κ2) is 3.41. The molecule has 1 aromatic heterocycles. The minimum atomic E-state index is -3.47. The van der Waals surface area contributed by atoms with Crippen LogP contribution in [0.15, 0.2) is 47.3 Å². The SMILES string of the molecule is CC1=CC2NS(=O)(=O)c3cnccc3N2C=C1. The quantitative estimate of drug-likeness (QED) is 0.744. The third-order valence-electron chi connectivity index (χ3n) is 2.82. The van der Waals surface area contributed by atoms with Gasteiger partial charge in [-0.15, -0.1) is 0 Å². The Kier molecular flexibility index (Phi) is 2.11. The van der Waals surface area contributed by atoms with Gasteiger partial charge < -0.3 is 4.90 Å². The van der Waals surface area contributed by atoms with Gasteiger partial charge in [0.25, 0.3) is 0 Å². The summed E-state index contributed by atoms with van der Waals surface area (Å²) in [6.45, 7) is 1.93. The Labute approximate surface area is 99.5 Å². The van der Waals surface area contributed by atoms with E-state index in [4.69, 9.17) is 0 Å². The average Bonchev–Trinajstić information content (AvgIpc) is 2.28. The van der Waals surface area contributed by atoms with Crippen molar-refractivity contribution in [1.82, 2.24) is 9.71 Å². The van der Waals surface area contributed by atoms with Gasteiger partial charge in [-0.2, -0.15) is 4.72 Å². The summed E-state index contributed by atoms with van der Waals surface area (Å²) >= 11 is 0. The van der Waals surface area contributed by atoms with Gasteiger partial charge in [0.05, 0.1) is 5.69 Å². The highest BCUT2D eigenvalue weighted by molar-refractivity contribution is 7.89. The summed E-state index contributed by atoms with van der Waals surface area (Å²) in [6, 6.07) is 1.71. The van der Waals surface area contributed by atoms with Crippen molar-refractivity contribution in [1.29, 1.82) is 0 Å². The number of aromatic nitrogens is 1. The molecule has 0 saturated carbocycles. The molecule has 3 heterocycles. The number of rotatable bonds is 0. The van der Waals surface area contributed by atoms with Gasteiger partial charge in [0.15, 0.2) is 0 Å². The lowest BCUT2D eigenvalue weighted by Gasteiger charge is -2.36. The predicted molar refractivity (Wildman–Crippen MR) is 63.7 cm³/mol. The molecule has 3 rings (SSSR count). The van der Waals surface area contributed by atoms with E-state index in [0.29, 0.717) is 5.69 Å². The number of nitrogens with zero attached hydrogens (tertiary/aromatic N) is 2. The molecular formula is C11H11N3O2S. The van der Waals surface area contributed by atoms with Crippen LogP contribution in [0, 0.1) is 0 Å². The van der Waals surface area contributed by atoms with Crippen molar-refractivity contribution >= 4 is 15.7 Å². The van der Waals surface area contributed by atoms with E-state index >= 15 is 0 Å². The smallest absolute Gasteiger partial charge is 0.246 e. The van der Waals surface area contributed by atoms with Crippen molar-refractivity contribution < 1.29 is 8.42 Å². The van der Waals surface area contributed by atoms with E-state index in [9.17, 15) is 8.42 Å². The van der Waals surface area contributed by atoms with Crippen molar-refractivity contribution in [2.24, 2.45) is 0 Å². The summed E-state index contributed by atoms with van der Waals surface area (Å²) in [5.41, 5.74) is 1.69. The second-order valence-electron chi connectivity index (χ2n) is 4.04. The molecule has 1 N–H and O–H groups in total. The first kappa shape index (κ1) is 10.5. The fraction of sp³-hybridized carbons (Fsp3) is 0.182. The van der Waals surface area contributed by atoms with Gasteiger partial charge in [0.1, 0.15) is 11.1 Å². The van der Waals surface area contributed by atoms with Gasteiger partial charge in [-0.25, -0.2) is 8.42 Å². The highest BCUT2D eigenvalue weighted by Crippen LogP contribution is 2.32. The molecule has 2 aliphatic heterocycles. The van der Waals surface area contributed by atoms with Crippen LogP contribution < -0.4 is 9.62 Å². The average molecular weight is 249 g/mol. The Bertz CT molecular complexity index is 634. The molecule has 0 aliphatic carbocycles. The molecule has 6 heteroatoms. The number of nitrogens with one attached hydrogen (secondary N) is 1. The zero-order valence-corrected chi connectivity index (χ0v) is 9.98. The van der Waals surface area contributed by atoms with Crippen molar-refractivity contribution in [2.75, 3.05) is 4.90 Å². The summed E-state index contributed by atoms with van der Waals surface area (Å²) in [7, 11) is -3.47. The molecule has 2 aliphatic rings. The van der Waals surface area contributed by atoms with Gasteiger partial charge >= 0.3 is 0 Å². The molecule has 0 bridgehead atoms. The maximum Gasteiger partial charge on any atom is 0.246 e. The number of anilines is 1. The molecule has 88 valence electrons. The van der Waals surface area contributed by atoms with E-state index in [-0.39, 0.29) is 11.1 Å². The maximum absolute atomic E-state index is 12.0. The number of hydrogen-bond acceptors (Lipinski definition) is 4. The summed E-state index contributed by atoms with van der Waals surface area (Å²) in [5, 5.41) is 0. The van der Waals surface area contributed by atoms with Gasteiger partial charge in [0, 0.05) is 18.6 Å². The van der Waals surface area contributed by atoms with Crippen molar-refractivity contribution in [3.63, 3.8) is 0 Å². The van der Waals surface area contributed by atoms with E-state index in [1.807, 2.05) is 30.2 Å². The fourth-order valence-electron chi connectivity index (χ4n) is 2.01. The first-order valence-electron chi connectivity index (χ1n) is 5.19. The van der Waals surface area contributed by atoms with Gasteiger partial charge in [-0.1, -0.05) is 5.57 Å². The van der Waals surface area contributed by atoms with Crippen molar-refractivity contribution in [3.8, 4) is 0 Å². The van der Waals surface area contributed by atoms with E-state index in [0.717, 1.165) is 5.57 Å². The second-order valence-corrected chi connectivity index (χ2v) is 5.73. The lowest BCUT2D eigenvalue weighted by molar-refractivity contribution is 0.560. The Morgan fingerprint density at radius 2 is 2.29 bits per heavy atom. The Morgan fingerprint density at radius 1 is 1.47 bits per heavy atom. The molecular weight excluding hydrogens is 238 g/mol. The third kappa shape index (κ3) is 1.57. The molecule has 17 heavy (non-hydrogen) atoms. The van der Waals surface area contributed by atoms with E-state index in [1.165, 1.54) is 6.20 Å². The molecule has 5 nitrogen and oxygen atoms in total. The molecule has 0 aromatic carbocycles. The molecule has 1 unspecified atom stereocenters. The number of fused-ring (bicyclic) bond motifs is 3. The maximum atomic E-state index is 12.0. The summed E-state index contributed by atoms with van der Waals surface area (Å²) < 4.78 is 26.6. The Hall–Kier alpha value is -1.66. The molecule has 1 aromatic rings. The van der Waals surface area contributed by atoms with Crippen LogP contribution in [0.4, 0.5) is 5.69 Å². The monoisotopic (exact) mass is 249 g/mol. The topological polar surface area (TPSA) is 62.3 Å². The molecule has 0 saturated heterocycles. The molecule has 1 atom stereocenters. The molecule has 0 fully saturated rings. The predicted octanol–water partition coefficient (Wildman–Crippen LogP) is 0.980. The van der Waals surface area contributed by atoms with Gasteiger partial charge in [-0.05, 0) is 25.1 Å². The molecule has 0 spiro atoms. The van der Waals surface area contributed by atoms with Crippen molar-refractivity contribution in [3.05, 3.63) is 42.4 Å². The highest BCUT2D eigenvalue weighted by atomic mass is 32.2. The van der Waals surface area contributed by atoms with Crippen LogP contribution in [0.1, 0.15) is 6.92 Å². The fourth-order valence-corrected chi connectivity index (χ4v) is 3.29. The third-order valence-corrected chi connectivity index (χ3v) is 4.27. The number of sulfonamides is 1. The van der Waals surface area contributed by atoms with E-state index in [1.54, 1.807) is 12.3 Å². The van der Waals surface area contributed by atoms with Crippen LogP contribution in [-0.4, -0.2) is 19.6 Å². The van der Waals surface area contributed by atoms with Crippen LogP contribution in [0.3, 0.4) is 0 Å². The minimum absolute atomic E-state index is 0.217. The zero-order valence-electron chi connectivity index (χ0n) is 9.16. The Balaban J connectivity index is 2.22. The number of pyridine rings is 1. The number of allylic oxidation sites excluding steroid dienone is 2. The van der Waals surface area contributed by atoms with Crippen LogP contribution in [-0.2, 0) is 10.0 Å². The molecule has 0 radical (unpaired) electrons. The van der Waals surface area contributed by atoms with Crippen LogP contribution in [0.2, 0.25) is 0 Å². The lowest BCUT2D eigenvalue weighted by Crippen LogP contribution is -2.50. The van der Waals surface area contributed by atoms with E-state index < -0.39 is 10.0 Å². The minimum Gasteiger partial charge on any atom is -0.326 e. The number of hydrogen-bond donors (Lipinski definition) is 1.